The Morgan fingerprint density at radius 3 is 2.38 bits per heavy atom. The number of para-hydroxylation sites is 2. The average Bonchev–Trinajstić information content (AvgIpc) is 3.07. The predicted octanol–water partition coefficient (Wildman–Crippen LogP) is 1.44. The number of carbonyl (C=O) groups excluding carboxylic acids is 2. The van der Waals surface area contributed by atoms with Crippen LogP contribution in [0.3, 0.4) is 0 Å². The van der Waals surface area contributed by atoms with Crippen LogP contribution in [0.2, 0.25) is 0 Å². The summed E-state index contributed by atoms with van der Waals surface area (Å²) in [4.78, 5) is 23.4. The number of hydrogen-bond acceptors (Lipinski definition) is 4. The summed E-state index contributed by atoms with van der Waals surface area (Å²) in [5.41, 5.74) is 1.83. The highest BCUT2D eigenvalue weighted by Crippen LogP contribution is 2.33. The smallest absolute Gasteiger partial charge is 0.264 e. The fourth-order valence-corrected chi connectivity index (χ4v) is 4.74. The minimum atomic E-state index is -3.87. The van der Waals surface area contributed by atoms with Crippen LogP contribution in [0.5, 0.6) is 0 Å². The van der Waals surface area contributed by atoms with Crippen LogP contribution < -0.4 is 14.9 Å². The maximum absolute atomic E-state index is 13.1. The highest BCUT2D eigenvalue weighted by molar-refractivity contribution is 7.92. The average molecular weight is 371 g/mol. The quantitative estimate of drug-likeness (QED) is 0.853. The van der Waals surface area contributed by atoms with Crippen LogP contribution in [-0.4, -0.2) is 33.3 Å². The number of hydrogen-bond donors (Lipinski definition) is 2. The molecule has 1 atom stereocenters. The number of nitrogens with one attached hydrogen (secondary N) is 2. The molecule has 2 heterocycles. The number of sulfonamides is 1. The van der Waals surface area contributed by atoms with Gasteiger partial charge in [-0.05, 0) is 29.8 Å². The predicted molar refractivity (Wildman–Crippen MR) is 96.4 cm³/mol. The maximum Gasteiger partial charge on any atom is 0.264 e. The standard InChI is InChI=1S/C18H17N3O4S/c22-17-9-13(10-19-17)12-5-7-14(8-6-12)26(24,25)21-11-18(23)20-15-3-1-2-4-16(15)21/h1-8,13H,9-11H2,(H,19,22)(H,20,23)/t13-/m1/s1. The fourth-order valence-electron chi connectivity index (χ4n) is 3.30. The molecule has 2 aromatic carbocycles. The van der Waals surface area contributed by atoms with E-state index in [2.05, 4.69) is 10.6 Å². The van der Waals surface area contributed by atoms with E-state index in [4.69, 9.17) is 0 Å². The van der Waals surface area contributed by atoms with Gasteiger partial charge in [0.05, 0.1) is 16.3 Å². The Kier molecular flexibility index (Phi) is 3.91. The first-order valence-corrected chi connectivity index (χ1v) is 9.67. The van der Waals surface area contributed by atoms with Gasteiger partial charge in [0.25, 0.3) is 10.0 Å². The summed E-state index contributed by atoms with van der Waals surface area (Å²) in [5.74, 6) is -0.317. The molecule has 2 aliphatic rings. The van der Waals surface area contributed by atoms with Gasteiger partial charge in [-0.1, -0.05) is 24.3 Å². The maximum atomic E-state index is 13.1. The third-order valence-corrected chi connectivity index (χ3v) is 6.42. The molecule has 0 saturated carbocycles. The lowest BCUT2D eigenvalue weighted by atomic mass is 9.99. The normalized spacial score (nSPS) is 19.7. The van der Waals surface area contributed by atoms with Crippen LogP contribution in [0, 0.1) is 0 Å². The Morgan fingerprint density at radius 1 is 0.962 bits per heavy atom. The molecular formula is C18H17N3O4S. The molecule has 4 rings (SSSR count). The van der Waals surface area contributed by atoms with Crippen molar-refractivity contribution in [2.45, 2.75) is 17.2 Å². The Bertz CT molecular complexity index is 986. The van der Waals surface area contributed by atoms with Gasteiger partial charge in [-0.2, -0.15) is 0 Å². The zero-order chi connectivity index (χ0) is 18.3. The molecule has 0 spiro atoms. The minimum absolute atomic E-state index is 0.00244. The number of anilines is 2. The topological polar surface area (TPSA) is 95.6 Å². The molecule has 0 bridgehead atoms. The SMILES string of the molecule is O=C1C[C@@H](c2ccc(S(=O)(=O)N3CC(=O)Nc4ccccc43)cc2)CN1. The molecule has 1 saturated heterocycles. The largest absolute Gasteiger partial charge is 0.355 e. The lowest BCUT2D eigenvalue weighted by Crippen LogP contribution is -2.42. The van der Waals surface area contributed by atoms with E-state index in [1.165, 1.54) is 12.1 Å². The Balaban J connectivity index is 1.67. The van der Waals surface area contributed by atoms with Crippen molar-refractivity contribution in [1.82, 2.24) is 5.32 Å². The van der Waals surface area contributed by atoms with E-state index in [0.29, 0.717) is 24.3 Å². The highest BCUT2D eigenvalue weighted by Gasteiger charge is 2.32. The number of rotatable bonds is 3. The van der Waals surface area contributed by atoms with E-state index in [9.17, 15) is 18.0 Å². The van der Waals surface area contributed by atoms with Crippen LogP contribution in [-0.2, 0) is 19.6 Å². The first kappa shape index (κ1) is 16.6. The Labute approximate surface area is 151 Å². The number of benzene rings is 2. The third kappa shape index (κ3) is 2.82. The molecule has 2 aromatic rings. The monoisotopic (exact) mass is 371 g/mol. The van der Waals surface area contributed by atoms with E-state index in [-0.39, 0.29) is 29.2 Å². The number of amides is 2. The highest BCUT2D eigenvalue weighted by atomic mass is 32.2. The van der Waals surface area contributed by atoms with E-state index in [1.807, 2.05) is 0 Å². The van der Waals surface area contributed by atoms with Gasteiger partial charge in [0, 0.05) is 18.9 Å². The van der Waals surface area contributed by atoms with Crippen LogP contribution in [0.4, 0.5) is 11.4 Å². The molecule has 0 aromatic heterocycles. The first-order chi connectivity index (χ1) is 12.4. The van der Waals surface area contributed by atoms with Crippen LogP contribution >= 0.6 is 0 Å². The van der Waals surface area contributed by atoms with Crippen LogP contribution in [0.1, 0.15) is 17.9 Å². The van der Waals surface area contributed by atoms with Crippen molar-refractivity contribution in [1.29, 1.82) is 0 Å². The second-order valence-corrected chi connectivity index (χ2v) is 8.21. The van der Waals surface area contributed by atoms with Crippen molar-refractivity contribution in [3.05, 3.63) is 54.1 Å². The molecular weight excluding hydrogens is 354 g/mol. The number of fused-ring (bicyclic) bond motifs is 1. The number of carbonyl (C=O) groups is 2. The zero-order valence-corrected chi connectivity index (χ0v) is 14.6. The van der Waals surface area contributed by atoms with Gasteiger partial charge in [-0.25, -0.2) is 8.42 Å². The molecule has 0 unspecified atom stereocenters. The van der Waals surface area contributed by atoms with E-state index in [0.717, 1.165) is 9.87 Å². The lowest BCUT2D eigenvalue weighted by Gasteiger charge is -2.30. The molecule has 2 N–H and O–H groups in total. The van der Waals surface area contributed by atoms with Crippen LogP contribution in [0.25, 0.3) is 0 Å². The summed E-state index contributed by atoms with van der Waals surface area (Å²) in [6, 6.07) is 13.3. The van der Waals surface area contributed by atoms with Gasteiger partial charge in [-0.3, -0.25) is 13.9 Å². The van der Waals surface area contributed by atoms with Crippen molar-refractivity contribution in [2.75, 3.05) is 22.7 Å². The third-order valence-electron chi connectivity index (χ3n) is 4.65. The molecule has 1 fully saturated rings. The summed E-state index contributed by atoms with van der Waals surface area (Å²) < 4.78 is 27.2. The van der Waals surface area contributed by atoms with E-state index >= 15 is 0 Å². The molecule has 8 heteroatoms. The summed E-state index contributed by atoms with van der Waals surface area (Å²) in [5, 5.41) is 5.45. The van der Waals surface area contributed by atoms with Crippen molar-refractivity contribution in [3.63, 3.8) is 0 Å². The first-order valence-electron chi connectivity index (χ1n) is 8.23. The Morgan fingerprint density at radius 2 is 1.69 bits per heavy atom. The van der Waals surface area contributed by atoms with E-state index < -0.39 is 10.0 Å². The van der Waals surface area contributed by atoms with E-state index in [1.54, 1.807) is 36.4 Å². The minimum Gasteiger partial charge on any atom is -0.355 e. The summed E-state index contributed by atoms with van der Waals surface area (Å²) in [6.07, 6.45) is 0.409. The van der Waals surface area contributed by atoms with Gasteiger partial charge in [-0.15, -0.1) is 0 Å². The fraction of sp³-hybridized carbons (Fsp3) is 0.222. The molecule has 7 nitrogen and oxygen atoms in total. The van der Waals surface area contributed by atoms with Gasteiger partial charge < -0.3 is 10.6 Å². The van der Waals surface area contributed by atoms with Crippen molar-refractivity contribution < 1.29 is 18.0 Å². The summed E-state index contributed by atoms with van der Waals surface area (Å²) in [6.45, 7) is 0.298. The molecule has 0 aliphatic carbocycles. The summed E-state index contributed by atoms with van der Waals surface area (Å²) >= 11 is 0. The molecule has 2 amide bonds. The molecule has 134 valence electrons. The Hall–Kier alpha value is -2.87. The summed E-state index contributed by atoms with van der Waals surface area (Å²) in [7, 11) is -3.87. The van der Waals surface area contributed by atoms with Crippen molar-refractivity contribution in [2.24, 2.45) is 0 Å². The van der Waals surface area contributed by atoms with Crippen molar-refractivity contribution in [3.8, 4) is 0 Å². The zero-order valence-electron chi connectivity index (χ0n) is 13.8. The second kappa shape index (κ2) is 6.14. The van der Waals surface area contributed by atoms with Crippen molar-refractivity contribution >= 4 is 33.2 Å². The molecule has 26 heavy (non-hydrogen) atoms. The molecule has 2 aliphatic heterocycles. The van der Waals surface area contributed by atoms with Gasteiger partial charge in [0.2, 0.25) is 11.8 Å². The number of nitrogens with zero attached hydrogens (tertiary/aromatic N) is 1. The van der Waals surface area contributed by atoms with Gasteiger partial charge in [0.15, 0.2) is 0 Å². The molecule has 0 radical (unpaired) electrons. The van der Waals surface area contributed by atoms with Gasteiger partial charge in [0.1, 0.15) is 6.54 Å². The second-order valence-electron chi connectivity index (χ2n) is 6.35. The lowest BCUT2D eigenvalue weighted by molar-refractivity contribution is -0.119. The van der Waals surface area contributed by atoms with Gasteiger partial charge >= 0.3 is 0 Å². The van der Waals surface area contributed by atoms with Crippen LogP contribution in [0.15, 0.2) is 53.4 Å².